The summed E-state index contributed by atoms with van der Waals surface area (Å²) in [7, 11) is 1.56. The number of hydrogen-bond acceptors (Lipinski definition) is 3. The van der Waals surface area contributed by atoms with Crippen molar-refractivity contribution in [2.24, 2.45) is 5.73 Å². The smallest absolute Gasteiger partial charge is 0.227 e. The largest absolute Gasteiger partial charge is 0.393 e. The Kier molecular flexibility index (Phi) is 7.11. The first-order chi connectivity index (χ1) is 9.54. The zero-order valence-corrected chi connectivity index (χ0v) is 12.3. The molecule has 1 amide bonds. The fourth-order valence-electron chi connectivity index (χ4n) is 1.72. The molecule has 0 saturated carbocycles. The second kappa shape index (κ2) is 8.60. The van der Waals surface area contributed by atoms with Crippen molar-refractivity contribution in [2.75, 3.05) is 26.8 Å². The van der Waals surface area contributed by atoms with Crippen molar-refractivity contribution in [1.29, 1.82) is 0 Å². The SMILES string of the molecule is COCCN(CCC(N)=S)C(=O)Cc1ccccc1F. The molecule has 0 heterocycles. The Morgan fingerprint density at radius 2 is 2.10 bits per heavy atom. The number of hydrogen-bond donors (Lipinski definition) is 1. The molecule has 6 heteroatoms. The third-order valence-corrected chi connectivity index (χ3v) is 3.05. The Labute approximate surface area is 123 Å². The summed E-state index contributed by atoms with van der Waals surface area (Å²) in [4.78, 5) is 14.1. The Morgan fingerprint density at radius 1 is 1.40 bits per heavy atom. The Balaban J connectivity index is 2.66. The first kappa shape index (κ1) is 16.5. The summed E-state index contributed by atoms with van der Waals surface area (Å²) in [5, 5.41) is 0. The molecule has 1 aromatic rings. The van der Waals surface area contributed by atoms with Crippen molar-refractivity contribution >= 4 is 23.1 Å². The predicted molar refractivity (Wildman–Crippen MR) is 80.0 cm³/mol. The van der Waals surface area contributed by atoms with Crippen molar-refractivity contribution in [3.63, 3.8) is 0 Å². The van der Waals surface area contributed by atoms with Gasteiger partial charge >= 0.3 is 0 Å². The van der Waals surface area contributed by atoms with E-state index in [2.05, 4.69) is 0 Å². The van der Waals surface area contributed by atoms with E-state index in [9.17, 15) is 9.18 Å². The number of nitrogens with zero attached hydrogens (tertiary/aromatic N) is 1. The number of carbonyl (C=O) groups excluding carboxylic acids is 1. The third kappa shape index (κ3) is 5.63. The lowest BCUT2D eigenvalue weighted by Crippen LogP contribution is -2.37. The fraction of sp³-hybridized carbons (Fsp3) is 0.429. The molecular formula is C14H19FN2O2S. The van der Waals surface area contributed by atoms with Crippen LogP contribution in [-0.4, -0.2) is 42.6 Å². The summed E-state index contributed by atoms with van der Waals surface area (Å²) in [6, 6.07) is 6.26. The maximum Gasteiger partial charge on any atom is 0.227 e. The lowest BCUT2D eigenvalue weighted by molar-refractivity contribution is -0.131. The van der Waals surface area contributed by atoms with Gasteiger partial charge in [0.1, 0.15) is 5.82 Å². The first-order valence-electron chi connectivity index (χ1n) is 6.33. The molecule has 0 aliphatic rings. The highest BCUT2D eigenvalue weighted by molar-refractivity contribution is 7.80. The molecule has 0 unspecified atom stereocenters. The van der Waals surface area contributed by atoms with Crippen LogP contribution in [0.2, 0.25) is 0 Å². The second-order valence-corrected chi connectivity index (χ2v) is 4.88. The number of nitrogens with two attached hydrogens (primary N) is 1. The summed E-state index contributed by atoms with van der Waals surface area (Å²) in [6.45, 7) is 1.28. The second-order valence-electron chi connectivity index (χ2n) is 4.36. The van der Waals surface area contributed by atoms with Gasteiger partial charge in [-0.3, -0.25) is 4.79 Å². The van der Waals surface area contributed by atoms with Gasteiger partial charge in [0.25, 0.3) is 0 Å². The Morgan fingerprint density at radius 3 is 2.70 bits per heavy atom. The van der Waals surface area contributed by atoms with Crippen molar-refractivity contribution in [2.45, 2.75) is 12.8 Å². The number of carbonyl (C=O) groups is 1. The lowest BCUT2D eigenvalue weighted by Gasteiger charge is -2.22. The normalized spacial score (nSPS) is 10.3. The van der Waals surface area contributed by atoms with Crippen molar-refractivity contribution in [1.82, 2.24) is 4.90 Å². The highest BCUT2D eigenvalue weighted by atomic mass is 32.1. The van der Waals surface area contributed by atoms with E-state index in [1.165, 1.54) is 6.07 Å². The van der Waals surface area contributed by atoms with Crippen LogP contribution in [0.1, 0.15) is 12.0 Å². The van der Waals surface area contributed by atoms with Crippen molar-refractivity contribution < 1.29 is 13.9 Å². The molecule has 20 heavy (non-hydrogen) atoms. The highest BCUT2D eigenvalue weighted by Crippen LogP contribution is 2.09. The van der Waals surface area contributed by atoms with E-state index in [0.717, 1.165) is 0 Å². The van der Waals surface area contributed by atoms with Crippen LogP contribution in [0.5, 0.6) is 0 Å². The zero-order chi connectivity index (χ0) is 15.0. The van der Waals surface area contributed by atoms with Crippen LogP contribution < -0.4 is 5.73 Å². The zero-order valence-electron chi connectivity index (χ0n) is 11.5. The minimum absolute atomic E-state index is 0.0215. The molecule has 0 spiro atoms. The van der Waals surface area contributed by atoms with Gasteiger partial charge in [-0.15, -0.1) is 0 Å². The van der Waals surface area contributed by atoms with Crippen LogP contribution in [0.25, 0.3) is 0 Å². The van der Waals surface area contributed by atoms with Crippen LogP contribution in [0.4, 0.5) is 4.39 Å². The van der Waals surface area contributed by atoms with Crippen molar-refractivity contribution in [3.8, 4) is 0 Å². The van der Waals surface area contributed by atoms with E-state index in [1.54, 1.807) is 30.2 Å². The quantitative estimate of drug-likeness (QED) is 0.739. The van der Waals surface area contributed by atoms with Crippen molar-refractivity contribution in [3.05, 3.63) is 35.6 Å². The maximum absolute atomic E-state index is 13.5. The molecular weight excluding hydrogens is 279 g/mol. The summed E-state index contributed by atoms with van der Waals surface area (Å²) in [5.41, 5.74) is 5.83. The van der Waals surface area contributed by atoms with E-state index in [0.29, 0.717) is 36.7 Å². The summed E-state index contributed by atoms with van der Waals surface area (Å²) in [6.07, 6.45) is 0.468. The van der Waals surface area contributed by atoms with E-state index >= 15 is 0 Å². The average Bonchev–Trinajstić information content (AvgIpc) is 2.41. The Bertz CT molecular complexity index is 468. The van der Waals surface area contributed by atoms with Crippen LogP contribution >= 0.6 is 12.2 Å². The Hall–Kier alpha value is -1.53. The molecule has 1 aromatic carbocycles. The molecule has 0 radical (unpaired) electrons. The van der Waals surface area contributed by atoms with Gasteiger partial charge in [-0.2, -0.15) is 0 Å². The number of benzene rings is 1. The van der Waals surface area contributed by atoms with Crippen LogP contribution in [0.15, 0.2) is 24.3 Å². The molecule has 1 rings (SSSR count). The molecule has 0 aliphatic heterocycles. The summed E-state index contributed by atoms with van der Waals surface area (Å²) >= 11 is 4.81. The number of rotatable bonds is 8. The lowest BCUT2D eigenvalue weighted by atomic mass is 10.1. The van der Waals surface area contributed by atoms with E-state index in [4.69, 9.17) is 22.7 Å². The van der Waals surface area contributed by atoms with Gasteiger partial charge < -0.3 is 15.4 Å². The van der Waals surface area contributed by atoms with Gasteiger partial charge in [0.05, 0.1) is 18.0 Å². The molecule has 0 saturated heterocycles. The van der Waals surface area contributed by atoms with Gasteiger partial charge in [0.2, 0.25) is 5.91 Å². The highest BCUT2D eigenvalue weighted by Gasteiger charge is 2.15. The topological polar surface area (TPSA) is 55.6 Å². The number of thiocarbonyl (C=S) groups is 1. The number of amides is 1. The molecule has 0 atom stereocenters. The van der Waals surface area contributed by atoms with E-state index in [1.807, 2.05) is 0 Å². The summed E-state index contributed by atoms with van der Waals surface area (Å²) in [5.74, 6) is -0.537. The fourth-order valence-corrected chi connectivity index (χ4v) is 1.82. The van der Waals surface area contributed by atoms with Crippen LogP contribution in [0, 0.1) is 5.82 Å². The van der Waals surface area contributed by atoms with Crippen LogP contribution in [0.3, 0.4) is 0 Å². The minimum Gasteiger partial charge on any atom is -0.393 e. The minimum atomic E-state index is -0.373. The molecule has 0 bridgehead atoms. The predicted octanol–water partition coefficient (Wildman–Crippen LogP) is 1.52. The van der Waals surface area contributed by atoms with Crippen LogP contribution in [-0.2, 0) is 16.0 Å². The monoisotopic (exact) mass is 298 g/mol. The number of methoxy groups -OCH3 is 1. The third-order valence-electron chi connectivity index (χ3n) is 2.85. The number of ether oxygens (including phenoxy) is 1. The maximum atomic E-state index is 13.5. The van der Waals surface area contributed by atoms with Gasteiger partial charge in [-0.1, -0.05) is 30.4 Å². The molecule has 0 aromatic heterocycles. The van der Waals surface area contributed by atoms with Gasteiger partial charge in [-0.25, -0.2) is 4.39 Å². The molecule has 0 fully saturated rings. The van der Waals surface area contributed by atoms with E-state index in [-0.39, 0.29) is 18.1 Å². The average molecular weight is 298 g/mol. The molecule has 110 valence electrons. The number of halogens is 1. The molecule has 4 nitrogen and oxygen atoms in total. The van der Waals surface area contributed by atoms with Gasteiger partial charge in [-0.05, 0) is 11.6 Å². The first-order valence-corrected chi connectivity index (χ1v) is 6.74. The summed E-state index contributed by atoms with van der Waals surface area (Å²) < 4.78 is 18.5. The van der Waals surface area contributed by atoms with Gasteiger partial charge in [0.15, 0.2) is 0 Å². The molecule has 2 N–H and O–H groups in total. The standard InChI is InChI=1S/C14H19FN2O2S/c1-19-9-8-17(7-6-13(16)20)14(18)10-11-4-2-3-5-12(11)15/h2-5H,6-10H2,1H3,(H2,16,20). The van der Waals surface area contributed by atoms with Gasteiger partial charge in [0, 0.05) is 26.6 Å². The molecule has 0 aliphatic carbocycles. The van der Waals surface area contributed by atoms with E-state index < -0.39 is 0 Å².